The van der Waals surface area contributed by atoms with Gasteiger partial charge in [-0.2, -0.15) is 0 Å². The Morgan fingerprint density at radius 3 is 2.73 bits per heavy atom. The minimum atomic E-state index is -0.562. The normalized spacial score (nSPS) is 32.0. The standard InChI is InChI=1S/C17H29N3O2/c1-3-8-20(12-16(2)6-7-16)9-4-5-13-10-17(13)15(22)18-11-14(21)19-17/h13H,3-12H2,1-2H3,(H,18,22)(H,19,21)/t13-,17+/m0/s1. The van der Waals surface area contributed by atoms with Gasteiger partial charge in [-0.25, -0.2) is 0 Å². The van der Waals surface area contributed by atoms with Gasteiger partial charge in [0.25, 0.3) is 0 Å². The molecule has 3 aliphatic rings. The predicted octanol–water partition coefficient (Wildman–Crippen LogP) is 1.28. The average Bonchev–Trinajstić information content (AvgIpc) is 3.35. The quantitative estimate of drug-likeness (QED) is 0.710. The molecule has 5 nitrogen and oxygen atoms in total. The summed E-state index contributed by atoms with van der Waals surface area (Å²) in [5.74, 6) is 0.307. The van der Waals surface area contributed by atoms with Gasteiger partial charge in [0.1, 0.15) is 5.54 Å². The molecule has 1 heterocycles. The molecule has 22 heavy (non-hydrogen) atoms. The summed E-state index contributed by atoms with van der Waals surface area (Å²) >= 11 is 0. The number of rotatable bonds is 8. The van der Waals surface area contributed by atoms with E-state index in [1.807, 2.05) is 0 Å². The molecule has 0 radical (unpaired) electrons. The van der Waals surface area contributed by atoms with Gasteiger partial charge in [0.15, 0.2) is 0 Å². The second-order valence-corrected chi connectivity index (χ2v) is 7.83. The van der Waals surface area contributed by atoms with Crippen molar-refractivity contribution in [2.24, 2.45) is 11.3 Å². The second kappa shape index (κ2) is 5.84. The van der Waals surface area contributed by atoms with Crippen molar-refractivity contribution in [3.63, 3.8) is 0 Å². The summed E-state index contributed by atoms with van der Waals surface area (Å²) in [5, 5.41) is 5.63. The van der Waals surface area contributed by atoms with Gasteiger partial charge >= 0.3 is 0 Å². The van der Waals surface area contributed by atoms with Crippen LogP contribution in [0.2, 0.25) is 0 Å². The molecule has 124 valence electrons. The molecule has 2 saturated carbocycles. The number of amides is 2. The van der Waals surface area contributed by atoms with Crippen molar-refractivity contribution in [2.45, 2.75) is 57.9 Å². The minimum Gasteiger partial charge on any atom is -0.345 e. The molecule has 0 aromatic rings. The number of hydrogen-bond acceptors (Lipinski definition) is 3. The first-order chi connectivity index (χ1) is 10.5. The number of carbonyl (C=O) groups excluding carboxylic acids is 2. The highest BCUT2D eigenvalue weighted by atomic mass is 16.2. The third-order valence-corrected chi connectivity index (χ3v) is 5.56. The Balaban J connectivity index is 1.43. The van der Waals surface area contributed by atoms with E-state index in [4.69, 9.17) is 0 Å². The van der Waals surface area contributed by atoms with E-state index >= 15 is 0 Å². The Kier molecular flexibility index (Phi) is 4.19. The van der Waals surface area contributed by atoms with Crippen LogP contribution < -0.4 is 10.6 Å². The van der Waals surface area contributed by atoms with Crippen LogP contribution in [0.25, 0.3) is 0 Å². The van der Waals surface area contributed by atoms with Gasteiger partial charge in [0.2, 0.25) is 11.8 Å². The zero-order chi connectivity index (χ0) is 15.8. The summed E-state index contributed by atoms with van der Waals surface area (Å²) in [4.78, 5) is 26.1. The van der Waals surface area contributed by atoms with Gasteiger partial charge in [-0.15, -0.1) is 0 Å². The van der Waals surface area contributed by atoms with Crippen LogP contribution in [-0.2, 0) is 9.59 Å². The van der Waals surface area contributed by atoms with Gasteiger partial charge < -0.3 is 15.5 Å². The Morgan fingerprint density at radius 1 is 1.27 bits per heavy atom. The third-order valence-electron chi connectivity index (χ3n) is 5.56. The van der Waals surface area contributed by atoms with Crippen molar-refractivity contribution in [1.82, 2.24) is 15.5 Å². The maximum Gasteiger partial charge on any atom is 0.246 e. The van der Waals surface area contributed by atoms with E-state index in [-0.39, 0.29) is 18.4 Å². The van der Waals surface area contributed by atoms with Gasteiger partial charge in [-0.1, -0.05) is 13.8 Å². The molecule has 2 amide bonds. The highest BCUT2D eigenvalue weighted by molar-refractivity contribution is 6.00. The molecule has 0 aromatic heterocycles. The van der Waals surface area contributed by atoms with Gasteiger partial charge in [0, 0.05) is 6.54 Å². The van der Waals surface area contributed by atoms with Gasteiger partial charge in [0.05, 0.1) is 6.54 Å². The maximum atomic E-state index is 12.0. The number of nitrogens with one attached hydrogen (secondary N) is 2. The molecule has 2 atom stereocenters. The molecule has 5 heteroatoms. The second-order valence-electron chi connectivity index (χ2n) is 7.83. The summed E-state index contributed by atoms with van der Waals surface area (Å²) < 4.78 is 0. The molecule has 1 saturated heterocycles. The summed E-state index contributed by atoms with van der Waals surface area (Å²) in [6, 6.07) is 0. The van der Waals surface area contributed by atoms with Crippen molar-refractivity contribution in [3.05, 3.63) is 0 Å². The van der Waals surface area contributed by atoms with E-state index in [0.29, 0.717) is 11.3 Å². The fourth-order valence-electron chi connectivity index (χ4n) is 3.84. The van der Waals surface area contributed by atoms with Crippen LogP contribution in [0.5, 0.6) is 0 Å². The molecule has 3 fully saturated rings. The van der Waals surface area contributed by atoms with Crippen LogP contribution in [0.1, 0.15) is 52.4 Å². The molecule has 0 unspecified atom stereocenters. The molecular weight excluding hydrogens is 278 g/mol. The van der Waals surface area contributed by atoms with Crippen LogP contribution in [0.4, 0.5) is 0 Å². The molecule has 2 aliphatic carbocycles. The van der Waals surface area contributed by atoms with Crippen LogP contribution in [0.3, 0.4) is 0 Å². The summed E-state index contributed by atoms with van der Waals surface area (Å²) in [6.45, 7) is 8.26. The Bertz CT molecular complexity index is 461. The van der Waals surface area contributed by atoms with Crippen molar-refractivity contribution >= 4 is 11.8 Å². The SMILES string of the molecule is CCCN(CCC[C@H]1C[C@@]12NC(=O)CNC2=O)CC1(C)CC1. The van der Waals surface area contributed by atoms with Crippen LogP contribution in [-0.4, -0.2) is 48.4 Å². The van der Waals surface area contributed by atoms with Gasteiger partial charge in [-0.05, 0) is 62.9 Å². The van der Waals surface area contributed by atoms with E-state index in [1.54, 1.807) is 0 Å². The maximum absolute atomic E-state index is 12.0. The van der Waals surface area contributed by atoms with E-state index < -0.39 is 5.54 Å². The number of hydrogen-bond donors (Lipinski definition) is 2. The zero-order valence-corrected chi connectivity index (χ0v) is 13.9. The number of piperazine rings is 1. The van der Waals surface area contributed by atoms with Crippen LogP contribution >= 0.6 is 0 Å². The largest absolute Gasteiger partial charge is 0.345 e. The first-order valence-electron chi connectivity index (χ1n) is 8.79. The lowest BCUT2D eigenvalue weighted by atomic mass is 10.1. The van der Waals surface area contributed by atoms with E-state index in [2.05, 4.69) is 29.4 Å². The smallest absolute Gasteiger partial charge is 0.246 e. The van der Waals surface area contributed by atoms with Crippen LogP contribution in [0, 0.1) is 11.3 Å². The Labute approximate surface area is 133 Å². The molecule has 2 N–H and O–H groups in total. The first-order valence-corrected chi connectivity index (χ1v) is 8.79. The molecule has 1 aliphatic heterocycles. The number of carbonyl (C=O) groups is 2. The highest BCUT2D eigenvalue weighted by Crippen LogP contribution is 2.48. The minimum absolute atomic E-state index is 0.0213. The topological polar surface area (TPSA) is 61.4 Å². The van der Waals surface area contributed by atoms with E-state index in [1.165, 1.54) is 32.4 Å². The predicted molar refractivity (Wildman–Crippen MR) is 85.3 cm³/mol. The fraction of sp³-hybridized carbons (Fsp3) is 0.882. The highest BCUT2D eigenvalue weighted by Gasteiger charge is 2.61. The monoisotopic (exact) mass is 307 g/mol. The lowest BCUT2D eigenvalue weighted by Gasteiger charge is -2.26. The lowest BCUT2D eigenvalue weighted by Crippen LogP contribution is -2.59. The summed E-state index contributed by atoms with van der Waals surface area (Å²) in [6.07, 6.45) is 6.89. The van der Waals surface area contributed by atoms with E-state index in [9.17, 15) is 9.59 Å². The Morgan fingerprint density at radius 2 is 2.05 bits per heavy atom. The lowest BCUT2D eigenvalue weighted by molar-refractivity contribution is -0.135. The average molecular weight is 307 g/mol. The van der Waals surface area contributed by atoms with Crippen molar-refractivity contribution < 1.29 is 9.59 Å². The van der Waals surface area contributed by atoms with Crippen molar-refractivity contribution in [3.8, 4) is 0 Å². The Hall–Kier alpha value is -1.10. The fourth-order valence-corrected chi connectivity index (χ4v) is 3.84. The van der Waals surface area contributed by atoms with Crippen molar-refractivity contribution in [1.29, 1.82) is 0 Å². The summed E-state index contributed by atoms with van der Waals surface area (Å²) in [7, 11) is 0. The molecule has 0 aromatic carbocycles. The molecule has 0 bridgehead atoms. The molecule has 1 spiro atoms. The summed E-state index contributed by atoms with van der Waals surface area (Å²) in [5.41, 5.74) is 0.000591. The zero-order valence-electron chi connectivity index (χ0n) is 13.9. The van der Waals surface area contributed by atoms with Crippen molar-refractivity contribution in [2.75, 3.05) is 26.2 Å². The van der Waals surface area contributed by atoms with Crippen LogP contribution in [0.15, 0.2) is 0 Å². The molecule has 3 rings (SSSR count). The third kappa shape index (κ3) is 3.29. The number of nitrogens with zero attached hydrogens (tertiary/aromatic N) is 1. The van der Waals surface area contributed by atoms with Gasteiger partial charge in [-0.3, -0.25) is 9.59 Å². The van der Waals surface area contributed by atoms with E-state index in [0.717, 1.165) is 25.8 Å². The molecular formula is C17H29N3O2. The first kappa shape index (κ1) is 15.8.